The number of benzene rings is 2. The number of carbonyl (C=O) groups excluding carboxylic acids is 1. The van der Waals surface area contributed by atoms with E-state index in [0.29, 0.717) is 30.0 Å². The minimum Gasteiger partial charge on any atom is -0.340 e. The number of unbranched alkanes of at least 4 members (excludes halogenated alkanes) is 1. The summed E-state index contributed by atoms with van der Waals surface area (Å²) in [6.45, 7) is 7.13. The number of nitrogens with one attached hydrogen (secondary N) is 1. The third-order valence-corrected chi connectivity index (χ3v) is 7.73. The summed E-state index contributed by atoms with van der Waals surface area (Å²) in [6.07, 6.45) is 4.70. The number of rotatable bonds is 9. The first-order valence-corrected chi connectivity index (χ1v) is 14.0. The van der Waals surface area contributed by atoms with E-state index >= 15 is 0 Å². The van der Waals surface area contributed by atoms with Crippen molar-refractivity contribution in [3.63, 3.8) is 0 Å². The van der Waals surface area contributed by atoms with Crippen LogP contribution in [0.3, 0.4) is 0 Å². The van der Waals surface area contributed by atoms with Crippen LogP contribution in [-0.4, -0.2) is 43.1 Å². The van der Waals surface area contributed by atoms with Crippen LogP contribution in [0.5, 0.6) is 0 Å². The molecule has 1 aliphatic rings. The summed E-state index contributed by atoms with van der Waals surface area (Å²) in [5.74, 6) is 0.510. The van der Waals surface area contributed by atoms with Crippen molar-refractivity contribution >= 4 is 5.91 Å². The highest BCUT2D eigenvalue weighted by Crippen LogP contribution is 2.30. The van der Waals surface area contributed by atoms with Crippen molar-refractivity contribution < 1.29 is 9.32 Å². The van der Waals surface area contributed by atoms with Gasteiger partial charge in [-0.25, -0.2) is 9.78 Å². The Bertz CT molecular complexity index is 1620. The van der Waals surface area contributed by atoms with Crippen molar-refractivity contribution in [3.05, 3.63) is 92.1 Å². The molecule has 0 aliphatic carbocycles. The maximum Gasteiger partial charge on any atom is 0.439 e. The molecular formula is C31H35N5O4. The number of hydrogen-bond donors (Lipinski definition) is 1. The van der Waals surface area contributed by atoms with Gasteiger partial charge in [-0.2, -0.15) is 0 Å². The molecule has 1 aliphatic heterocycles. The van der Waals surface area contributed by atoms with Crippen LogP contribution in [0.4, 0.5) is 0 Å². The van der Waals surface area contributed by atoms with Gasteiger partial charge in [0.2, 0.25) is 5.91 Å². The van der Waals surface area contributed by atoms with E-state index in [2.05, 4.69) is 24.0 Å². The fourth-order valence-electron chi connectivity index (χ4n) is 5.46. The standard InChI is InChI=1S/C31H35N5O4/c1-4-5-12-27-32-21(3)26(18-28(37)35-17-8-9-20(35)2)30(38)36(27)19-22-13-15-23(16-14-22)24-10-6-7-11-25(24)29-33-31(39)40-34-29/h6-7,10-11,13-16,20H,4-5,8-9,12,17-19H2,1-3H3,(H,33,34,39). The summed E-state index contributed by atoms with van der Waals surface area (Å²) in [5.41, 5.74) is 4.53. The normalized spacial score (nSPS) is 15.1. The third kappa shape index (κ3) is 5.68. The van der Waals surface area contributed by atoms with Gasteiger partial charge in [-0.05, 0) is 49.8 Å². The van der Waals surface area contributed by atoms with Crippen LogP contribution >= 0.6 is 0 Å². The number of H-pyrrole nitrogens is 1. The fourth-order valence-corrected chi connectivity index (χ4v) is 5.46. The molecule has 2 aromatic heterocycles. The number of likely N-dealkylation sites (tertiary alicyclic amines) is 1. The molecule has 1 amide bonds. The van der Waals surface area contributed by atoms with Crippen LogP contribution in [0, 0.1) is 6.92 Å². The Hall–Kier alpha value is -4.27. The van der Waals surface area contributed by atoms with Gasteiger partial charge in [-0.1, -0.05) is 67.0 Å². The summed E-state index contributed by atoms with van der Waals surface area (Å²) in [5, 5.41) is 3.84. The Morgan fingerprint density at radius 3 is 2.50 bits per heavy atom. The lowest BCUT2D eigenvalue weighted by Gasteiger charge is -2.22. The number of aromatic nitrogens is 4. The molecule has 1 N–H and O–H groups in total. The summed E-state index contributed by atoms with van der Waals surface area (Å²) >= 11 is 0. The summed E-state index contributed by atoms with van der Waals surface area (Å²) in [7, 11) is 0. The molecule has 9 nitrogen and oxygen atoms in total. The van der Waals surface area contributed by atoms with Gasteiger partial charge in [-0.3, -0.25) is 23.7 Å². The Morgan fingerprint density at radius 1 is 1.10 bits per heavy atom. The van der Waals surface area contributed by atoms with E-state index in [0.717, 1.165) is 60.3 Å². The van der Waals surface area contributed by atoms with Crippen molar-refractivity contribution in [1.82, 2.24) is 24.6 Å². The van der Waals surface area contributed by atoms with Crippen molar-refractivity contribution in [2.24, 2.45) is 0 Å². The van der Waals surface area contributed by atoms with Crippen LogP contribution in [0.25, 0.3) is 22.5 Å². The van der Waals surface area contributed by atoms with Crippen LogP contribution in [-0.2, 0) is 24.2 Å². The Labute approximate surface area is 232 Å². The second kappa shape index (κ2) is 11.9. The predicted octanol–water partition coefficient (Wildman–Crippen LogP) is 4.51. The molecule has 5 rings (SSSR count). The SMILES string of the molecule is CCCCc1nc(C)c(CC(=O)N2CCCC2C)c(=O)n1Cc1ccc(-c2ccccc2-c2noc(=O)[nH]2)cc1. The Balaban J connectivity index is 1.45. The smallest absolute Gasteiger partial charge is 0.340 e. The molecule has 0 spiro atoms. The van der Waals surface area contributed by atoms with Gasteiger partial charge >= 0.3 is 5.76 Å². The van der Waals surface area contributed by atoms with E-state index in [9.17, 15) is 14.4 Å². The highest BCUT2D eigenvalue weighted by molar-refractivity contribution is 5.80. The van der Waals surface area contributed by atoms with Gasteiger partial charge in [0, 0.05) is 35.8 Å². The van der Waals surface area contributed by atoms with Crippen LogP contribution in [0.15, 0.2) is 62.6 Å². The van der Waals surface area contributed by atoms with E-state index < -0.39 is 5.76 Å². The molecule has 4 aromatic rings. The zero-order chi connectivity index (χ0) is 28.2. The van der Waals surface area contributed by atoms with Gasteiger partial charge in [0.15, 0.2) is 5.82 Å². The summed E-state index contributed by atoms with van der Waals surface area (Å²) in [4.78, 5) is 47.7. The molecule has 3 heterocycles. The maximum absolute atomic E-state index is 13.8. The first kappa shape index (κ1) is 27.3. The first-order valence-electron chi connectivity index (χ1n) is 14.0. The van der Waals surface area contributed by atoms with Crippen molar-refractivity contribution in [2.75, 3.05) is 6.54 Å². The molecular weight excluding hydrogens is 506 g/mol. The lowest BCUT2D eigenvalue weighted by atomic mass is 9.98. The van der Waals surface area contributed by atoms with Gasteiger partial charge in [-0.15, -0.1) is 0 Å². The molecule has 0 bridgehead atoms. The molecule has 0 radical (unpaired) electrons. The minimum absolute atomic E-state index is 0.00339. The van der Waals surface area contributed by atoms with Crippen LogP contribution < -0.4 is 11.3 Å². The van der Waals surface area contributed by atoms with E-state index in [1.807, 2.05) is 60.4 Å². The zero-order valence-electron chi connectivity index (χ0n) is 23.3. The largest absolute Gasteiger partial charge is 0.439 e. The topological polar surface area (TPSA) is 114 Å². The Morgan fingerprint density at radius 2 is 1.85 bits per heavy atom. The highest BCUT2D eigenvalue weighted by Gasteiger charge is 2.27. The van der Waals surface area contributed by atoms with Gasteiger partial charge in [0.1, 0.15) is 5.82 Å². The number of nitrogens with zero attached hydrogens (tertiary/aromatic N) is 4. The first-order chi connectivity index (χ1) is 19.4. The molecule has 1 saturated heterocycles. The second-order valence-corrected chi connectivity index (χ2v) is 10.5. The quantitative estimate of drug-likeness (QED) is 0.334. The van der Waals surface area contributed by atoms with Gasteiger partial charge in [0.25, 0.3) is 5.56 Å². The molecule has 2 aromatic carbocycles. The number of amides is 1. The monoisotopic (exact) mass is 541 g/mol. The molecule has 0 saturated carbocycles. The molecule has 208 valence electrons. The number of carbonyl (C=O) groups is 1. The second-order valence-electron chi connectivity index (χ2n) is 10.5. The van der Waals surface area contributed by atoms with Crippen molar-refractivity contribution in [3.8, 4) is 22.5 Å². The van der Waals surface area contributed by atoms with E-state index in [4.69, 9.17) is 9.51 Å². The van der Waals surface area contributed by atoms with Gasteiger partial charge < -0.3 is 4.90 Å². The molecule has 40 heavy (non-hydrogen) atoms. The number of aromatic amines is 1. The molecule has 1 atom stereocenters. The molecule has 1 unspecified atom stereocenters. The minimum atomic E-state index is -0.604. The van der Waals surface area contributed by atoms with E-state index in [1.165, 1.54) is 0 Å². The molecule has 1 fully saturated rings. The number of hydrogen-bond acceptors (Lipinski definition) is 6. The fraction of sp³-hybridized carbons (Fsp3) is 0.387. The number of aryl methyl sites for hydroxylation is 2. The van der Waals surface area contributed by atoms with Gasteiger partial charge in [0.05, 0.1) is 13.0 Å². The van der Waals surface area contributed by atoms with E-state index in [1.54, 1.807) is 4.57 Å². The average molecular weight is 542 g/mol. The Kier molecular flexibility index (Phi) is 8.09. The highest BCUT2D eigenvalue weighted by atomic mass is 16.5. The maximum atomic E-state index is 13.8. The summed E-state index contributed by atoms with van der Waals surface area (Å²) in [6, 6.07) is 15.8. The van der Waals surface area contributed by atoms with Crippen molar-refractivity contribution in [2.45, 2.75) is 71.9 Å². The lowest BCUT2D eigenvalue weighted by Crippen LogP contribution is -2.38. The molecule has 9 heteroatoms. The summed E-state index contributed by atoms with van der Waals surface area (Å²) < 4.78 is 6.44. The average Bonchev–Trinajstić information content (AvgIpc) is 3.60. The zero-order valence-corrected chi connectivity index (χ0v) is 23.3. The van der Waals surface area contributed by atoms with E-state index in [-0.39, 0.29) is 23.9 Å². The van der Waals surface area contributed by atoms with Crippen LogP contribution in [0.1, 0.15) is 62.2 Å². The van der Waals surface area contributed by atoms with Crippen molar-refractivity contribution in [1.29, 1.82) is 0 Å². The van der Waals surface area contributed by atoms with Crippen LogP contribution in [0.2, 0.25) is 0 Å². The lowest BCUT2D eigenvalue weighted by molar-refractivity contribution is -0.131. The third-order valence-electron chi connectivity index (χ3n) is 7.73. The predicted molar refractivity (Wildman–Crippen MR) is 153 cm³/mol.